The van der Waals surface area contributed by atoms with E-state index in [0.29, 0.717) is 6.07 Å². The Morgan fingerprint density at radius 2 is 1.57 bits per heavy atom. The molecule has 10 heteroatoms. The van der Waals surface area contributed by atoms with Gasteiger partial charge in [0.1, 0.15) is 5.75 Å². The van der Waals surface area contributed by atoms with Gasteiger partial charge in [-0.3, -0.25) is 0 Å². The number of rotatable bonds is 2. The van der Waals surface area contributed by atoms with Crippen molar-refractivity contribution in [2.75, 3.05) is 5.73 Å². The Morgan fingerprint density at radius 1 is 0.952 bits per heavy atom. The van der Waals surface area contributed by atoms with Crippen molar-refractivity contribution in [2.24, 2.45) is 0 Å². The molecular formula is C11H5Cl3F3N3O. The Morgan fingerprint density at radius 3 is 2.19 bits per heavy atom. The van der Waals surface area contributed by atoms with E-state index in [4.69, 9.17) is 45.3 Å². The van der Waals surface area contributed by atoms with Crippen molar-refractivity contribution in [3.63, 3.8) is 0 Å². The van der Waals surface area contributed by atoms with Gasteiger partial charge in [0, 0.05) is 12.1 Å². The average molecular weight is 359 g/mol. The molecule has 21 heavy (non-hydrogen) atoms. The Bertz CT molecular complexity index is 694. The zero-order valence-corrected chi connectivity index (χ0v) is 12.1. The summed E-state index contributed by atoms with van der Waals surface area (Å²) in [5, 5.41) is 0.344. The van der Waals surface area contributed by atoms with E-state index in [1.54, 1.807) is 0 Å². The molecule has 0 saturated heterocycles. The highest BCUT2D eigenvalue weighted by atomic mass is 35.5. The average Bonchev–Trinajstić information content (AvgIpc) is 2.34. The Balaban J connectivity index is 2.40. The first-order valence-electron chi connectivity index (χ1n) is 5.21. The minimum absolute atomic E-state index is 0.0164. The summed E-state index contributed by atoms with van der Waals surface area (Å²) in [6.45, 7) is 0. The molecule has 0 amide bonds. The van der Waals surface area contributed by atoms with Gasteiger partial charge >= 0.3 is 6.18 Å². The van der Waals surface area contributed by atoms with Crippen LogP contribution in [0, 0.1) is 0 Å². The summed E-state index contributed by atoms with van der Waals surface area (Å²) in [6, 6.07) is 3.13. The quantitative estimate of drug-likeness (QED) is 0.781. The maximum Gasteiger partial charge on any atom is 0.433 e. The van der Waals surface area contributed by atoms with Crippen LogP contribution in [0.25, 0.3) is 0 Å². The van der Waals surface area contributed by atoms with Crippen LogP contribution < -0.4 is 10.5 Å². The summed E-state index contributed by atoms with van der Waals surface area (Å²) in [4.78, 5) is 6.63. The van der Waals surface area contributed by atoms with Crippen molar-refractivity contribution in [1.82, 2.24) is 9.97 Å². The van der Waals surface area contributed by atoms with Gasteiger partial charge in [-0.1, -0.05) is 34.8 Å². The van der Waals surface area contributed by atoms with Crippen LogP contribution in [0.5, 0.6) is 11.6 Å². The SMILES string of the molecule is Nc1nc(Oc2cc(Cl)c(Cl)cc2Cl)cc(C(F)(F)F)n1. The molecule has 4 nitrogen and oxygen atoms in total. The molecule has 2 aromatic rings. The lowest BCUT2D eigenvalue weighted by atomic mass is 10.3. The van der Waals surface area contributed by atoms with Gasteiger partial charge in [-0.05, 0) is 6.07 Å². The number of halogens is 6. The lowest BCUT2D eigenvalue weighted by molar-refractivity contribution is -0.141. The fourth-order valence-electron chi connectivity index (χ4n) is 1.34. The molecule has 2 N–H and O–H groups in total. The van der Waals surface area contributed by atoms with Crippen molar-refractivity contribution >= 4 is 40.8 Å². The molecule has 0 bridgehead atoms. The number of aromatic nitrogens is 2. The third-order valence-corrected chi connectivity index (χ3v) is 3.22. The maximum atomic E-state index is 12.6. The monoisotopic (exact) mass is 357 g/mol. The fourth-order valence-corrected chi connectivity index (χ4v) is 1.91. The van der Waals surface area contributed by atoms with E-state index in [2.05, 4.69) is 9.97 Å². The maximum absolute atomic E-state index is 12.6. The van der Waals surface area contributed by atoms with Crippen LogP contribution in [0.2, 0.25) is 15.1 Å². The Kier molecular flexibility index (Phi) is 4.36. The topological polar surface area (TPSA) is 61.0 Å². The van der Waals surface area contributed by atoms with Crippen LogP contribution in [0.15, 0.2) is 18.2 Å². The van der Waals surface area contributed by atoms with E-state index in [1.165, 1.54) is 12.1 Å². The first-order chi connectivity index (χ1) is 9.66. The third-order valence-electron chi connectivity index (χ3n) is 2.20. The Hall–Kier alpha value is -1.44. The molecule has 1 heterocycles. The number of nitrogens with two attached hydrogens (primary N) is 1. The van der Waals surface area contributed by atoms with Gasteiger partial charge in [-0.2, -0.15) is 18.2 Å². The standard InChI is InChI=1S/C11H5Cl3F3N3O/c12-4-1-6(14)7(2-5(4)13)21-9-3-8(11(15,16)17)19-10(18)20-9/h1-3H,(H2,18,19,20). The molecule has 2 rings (SSSR count). The second-order valence-electron chi connectivity index (χ2n) is 3.75. The lowest BCUT2D eigenvalue weighted by Crippen LogP contribution is -2.11. The van der Waals surface area contributed by atoms with Crippen LogP contribution in [0.4, 0.5) is 19.1 Å². The zero-order valence-electron chi connectivity index (χ0n) is 9.88. The van der Waals surface area contributed by atoms with Crippen LogP contribution in [0.3, 0.4) is 0 Å². The van der Waals surface area contributed by atoms with Gasteiger partial charge < -0.3 is 10.5 Å². The number of ether oxygens (including phenoxy) is 1. The van der Waals surface area contributed by atoms with Crippen LogP contribution in [-0.4, -0.2) is 9.97 Å². The summed E-state index contributed by atoms with van der Waals surface area (Å²) < 4.78 is 43.0. The van der Waals surface area contributed by atoms with E-state index in [0.717, 1.165) is 0 Å². The Labute approximate surface area is 131 Å². The predicted molar refractivity (Wildman–Crippen MR) is 73.0 cm³/mol. The van der Waals surface area contributed by atoms with Gasteiger partial charge in [0.2, 0.25) is 11.8 Å². The van der Waals surface area contributed by atoms with Crippen molar-refractivity contribution in [3.05, 3.63) is 39.0 Å². The summed E-state index contributed by atoms with van der Waals surface area (Å²) in [5.74, 6) is -1.02. The third kappa shape index (κ3) is 3.81. The summed E-state index contributed by atoms with van der Waals surface area (Å²) in [5.41, 5.74) is 3.98. The molecule has 0 atom stereocenters. The minimum Gasteiger partial charge on any atom is -0.437 e. The van der Waals surface area contributed by atoms with Crippen LogP contribution in [0.1, 0.15) is 5.69 Å². The molecule has 0 spiro atoms. The first kappa shape index (κ1) is 15.9. The molecule has 1 aromatic carbocycles. The van der Waals surface area contributed by atoms with Crippen molar-refractivity contribution < 1.29 is 17.9 Å². The first-order valence-corrected chi connectivity index (χ1v) is 6.34. The molecule has 1 aromatic heterocycles. The van der Waals surface area contributed by atoms with Crippen molar-refractivity contribution in [2.45, 2.75) is 6.18 Å². The van der Waals surface area contributed by atoms with Gasteiger partial charge in [0.25, 0.3) is 0 Å². The van der Waals surface area contributed by atoms with E-state index in [-0.39, 0.29) is 20.8 Å². The predicted octanol–water partition coefficient (Wildman–Crippen LogP) is 4.83. The largest absolute Gasteiger partial charge is 0.437 e. The highest BCUT2D eigenvalue weighted by Crippen LogP contribution is 2.37. The van der Waals surface area contributed by atoms with E-state index >= 15 is 0 Å². The number of alkyl halides is 3. The van der Waals surface area contributed by atoms with E-state index < -0.39 is 23.7 Å². The second kappa shape index (κ2) is 5.75. The molecule has 112 valence electrons. The van der Waals surface area contributed by atoms with Crippen molar-refractivity contribution in [1.29, 1.82) is 0 Å². The summed E-state index contributed by atoms with van der Waals surface area (Å²) in [7, 11) is 0. The van der Waals surface area contributed by atoms with Crippen molar-refractivity contribution in [3.8, 4) is 11.6 Å². The number of anilines is 1. The van der Waals surface area contributed by atoms with Gasteiger partial charge in [-0.25, -0.2) is 4.98 Å². The molecule has 0 saturated carbocycles. The molecule has 0 aliphatic carbocycles. The smallest absolute Gasteiger partial charge is 0.433 e. The van der Waals surface area contributed by atoms with Crippen LogP contribution in [-0.2, 0) is 6.18 Å². The highest BCUT2D eigenvalue weighted by Gasteiger charge is 2.34. The lowest BCUT2D eigenvalue weighted by Gasteiger charge is -2.11. The number of hydrogen-bond acceptors (Lipinski definition) is 4. The molecule has 0 aliphatic heterocycles. The molecule has 0 fully saturated rings. The number of benzene rings is 1. The summed E-state index contributed by atoms with van der Waals surface area (Å²) >= 11 is 17.4. The highest BCUT2D eigenvalue weighted by molar-refractivity contribution is 6.43. The fraction of sp³-hybridized carbons (Fsp3) is 0.0909. The minimum atomic E-state index is -4.68. The van der Waals surface area contributed by atoms with Crippen LogP contribution >= 0.6 is 34.8 Å². The van der Waals surface area contributed by atoms with Gasteiger partial charge in [0.15, 0.2) is 5.69 Å². The molecule has 0 aliphatic rings. The molecule has 0 radical (unpaired) electrons. The summed E-state index contributed by atoms with van der Waals surface area (Å²) in [6.07, 6.45) is -4.68. The normalized spacial score (nSPS) is 11.5. The zero-order chi connectivity index (χ0) is 15.8. The molecule has 0 unspecified atom stereocenters. The van der Waals surface area contributed by atoms with Gasteiger partial charge in [0.05, 0.1) is 15.1 Å². The second-order valence-corrected chi connectivity index (χ2v) is 4.97. The van der Waals surface area contributed by atoms with E-state index in [1.807, 2.05) is 0 Å². The van der Waals surface area contributed by atoms with Gasteiger partial charge in [-0.15, -0.1) is 0 Å². The van der Waals surface area contributed by atoms with E-state index in [9.17, 15) is 13.2 Å². The number of nitrogens with zero attached hydrogens (tertiary/aromatic N) is 2. The number of hydrogen-bond donors (Lipinski definition) is 1. The number of nitrogen functional groups attached to an aromatic ring is 1. The molecular weight excluding hydrogens is 353 g/mol.